The molecule has 1 heterocycles. The zero-order chi connectivity index (χ0) is 11.1. The molecule has 0 radical (unpaired) electrons. The Morgan fingerprint density at radius 1 is 1.40 bits per heavy atom. The van der Waals surface area contributed by atoms with Crippen LogP contribution in [-0.4, -0.2) is 50.1 Å². The van der Waals surface area contributed by atoms with Gasteiger partial charge >= 0.3 is 0 Å². The van der Waals surface area contributed by atoms with Crippen molar-refractivity contribution in [1.29, 1.82) is 0 Å². The molecule has 15 heavy (non-hydrogen) atoms. The Labute approximate surface area is 92.4 Å². The van der Waals surface area contributed by atoms with E-state index in [1.807, 2.05) is 0 Å². The van der Waals surface area contributed by atoms with Crippen LogP contribution in [0.3, 0.4) is 0 Å². The highest BCUT2D eigenvalue weighted by molar-refractivity contribution is 5.76. The number of nitrogens with one attached hydrogen (secondary N) is 2. The smallest absolute Gasteiger partial charge is 0.221 e. The van der Waals surface area contributed by atoms with E-state index >= 15 is 0 Å². The predicted molar refractivity (Wildman–Crippen MR) is 61.8 cm³/mol. The summed E-state index contributed by atoms with van der Waals surface area (Å²) < 4.78 is 0. The first-order valence-corrected chi connectivity index (χ1v) is 5.88. The van der Waals surface area contributed by atoms with Crippen LogP contribution >= 0.6 is 0 Å². The molecule has 1 fully saturated rings. The standard InChI is InChI=1S/C11H23N3O/c1-10(2)9-13-11(15)3-6-14-7-4-12-5-8-14/h10,12H,3-9H2,1-2H3,(H,13,15). The lowest BCUT2D eigenvalue weighted by Crippen LogP contribution is -2.44. The van der Waals surface area contributed by atoms with Gasteiger partial charge in [0, 0.05) is 45.7 Å². The Kier molecular flexibility index (Phi) is 5.65. The molecule has 0 saturated carbocycles. The van der Waals surface area contributed by atoms with Crippen LogP contribution in [0.25, 0.3) is 0 Å². The summed E-state index contributed by atoms with van der Waals surface area (Å²) in [5.41, 5.74) is 0. The molecule has 1 rings (SSSR count). The number of hydrogen-bond donors (Lipinski definition) is 2. The maximum atomic E-state index is 11.4. The number of hydrogen-bond acceptors (Lipinski definition) is 3. The van der Waals surface area contributed by atoms with Gasteiger partial charge in [-0.2, -0.15) is 0 Å². The lowest BCUT2D eigenvalue weighted by atomic mass is 10.2. The minimum Gasteiger partial charge on any atom is -0.356 e. The summed E-state index contributed by atoms with van der Waals surface area (Å²) in [6, 6.07) is 0. The lowest BCUT2D eigenvalue weighted by Gasteiger charge is -2.26. The van der Waals surface area contributed by atoms with Crippen molar-refractivity contribution >= 4 is 5.91 Å². The highest BCUT2D eigenvalue weighted by Crippen LogP contribution is 1.95. The number of rotatable bonds is 5. The maximum Gasteiger partial charge on any atom is 0.221 e. The van der Waals surface area contributed by atoms with Crippen molar-refractivity contribution < 1.29 is 4.79 Å². The van der Waals surface area contributed by atoms with Crippen LogP contribution in [0.5, 0.6) is 0 Å². The Morgan fingerprint density at radius 3 is 2.67 bits per heavy atom. The molecule has 0 spiro atoms. The second kappa shape index (κ2) is 6.80. The Balaban J connectivity index is 2.05. The molecule has 0 aromatic heterocycles. The normalized spacial score (nSPS) is 18.1. The largest absolute Gasteiger partial charge is 0.356 e. The first kappa shape index (κ1) is 12.5. The van der Waals surface area contributed by atoms with Crippen molar-refractivity contribution in [2.45, 2.75) is 20.3 Å². The molecule has 1 saturated heterocycles. The molecule has 1 aliphatic rings. The molecule has 1 amide bonds. The number of nitrogens with zero attached hydrogens (tertiary/aromatic N) is 1. The van der Waals surface area contributed by atoms with Crippen molar-refractivity contribution in [1.82, 2.24) is 15.5 Å². The molecule has 0 aliphatic carbocycles. The summed E-state index contributed by atoms with van der Waals surface area (Å²) >= 11 is 0. The highest BCUT2D eigenvalue weighted by Gasteiger charge is 2.10. The molecule has 0 aromatic carbocycles. The van der Waals surface area contributed by atoms with E-state index in [4.69, 9.17) is 0 Å². The van der Waals surface area contributed by atoms with Gasteiger partial charge in [0.1, 0.15) is 0 Å². The van der Waals surface area contributed by atoms with Gasteiger partial charge in [-0.3, -0.25) is 4.79 Å². The van der Waals surface area contributed by atoms with Crippen LogP contribution in [0.15, 0.2) is 0 Å². The van der Waals surface area contributed by atoms with Crippen molar-refractivity contribution in [3.8, 4) is 0 Å². The summed E-state index contributed by atoms with van der Waals surface area (Å²) in [5, 5.41) is 6.24. The first-order chi connectivity index (χ1) is 7.18. The molecule has 2 N–H and O–H groups in total. The van der Waals surface area contributed by atoms with E-state index in [9.17, 15) is 4.79 Å². The Morgan fingerprint density at radius 2 is 2.07 bits per heavy atom. The van der Waals surface area contributed by atoms with Crippen LogP contribution in [0, 0.1) is 5.92 Å². The van der Waals surface area contributed by atoms with Gasteiger partial charge in [-0.05, 0) is 5.92 Å². The third-order valence-corrected chi connectivity index (χ3v) is 2.57. The van der Waals surface area contributed by atoms with Gasteiger partial charge in [0.25, 0.3) is 0 Å². The number of piperazine rings is 1. The highest BCUT2D eigenvalue weighted by atomic mass is 16.1. The number of amides is 1. The maximum absolute atomic E-state index is 11.4. The van der Waals surface area contributed by atoms with E-state index in [-0.39, 0.29) is 5.91 Å². The van der Waals surface area contributed by atoms with Gasteiger partial charge in [-0.15, -0.1) is 0 Å². The van der Waals surface area contributed by atoms with E-state index in [0.717, 1.165) is 39.3 Å². The Bertz CT molecular complexity index is 188. The van der Waals surface area contributed by atoms with E-state index in [1.165, 1.54) is 0 Å². The fraction of sp³-hybridized carbons (Fsp3) is 0.909. The van der Waals surface area contributed by atoms with Crippen LogP contribution in [-0.2, 0) is 4.79 Å². The van der Waals surface area contributed by atoms with Crippen molar-refractivity contribution in [3.63, 3.8) is 0 Å². The Hall–Kier alpha value is -0.610. The predicted octanol–water partition coefficient (Wildman–Crippen LogP) is 0.0539. The van der Waals surface area contributed by atoms with Gasteiger partial charge in [0.05, 0.1) is 0 Å². The molecule has 0 aromatic rings. The molecule has 1 aliphatic heterocycles. The molecular formula is C11H23N3O. The van der Waals surface area contributed by atoms with Gasteiger partial charge in [-0.1, -0.05) is 13.8 Å². The molecular weight excluding hydrogens is 190 g/mol. The molecule has 0 unspecified atom stereocenters. The van der Waals surface area contributed by atoms with Crippen LogP contribution in [0.2, 0.25) is 0 Å². The third-order valence-electron chi connectivity index (χ3n) is 2.57. The summed E-state index contributed by atoms with van der Waals surface area (Å²) in [7, 11) is 0. The average Bonchev–Trinajstić information content (AvgIpc) is 2.25. The summed E-state index contributed by atoms with van der Waals surface area (Å²) in [5.74, 6) is 0.718. The zero-order valence-corrected chi connectivity index (χ0v) is 9.88. The number of carbonyl (C=O) groups is 1. The molecule has 4 nitrogen and oxygen atoms in total. The molecule has 4 heteroatoms. The second-order valence-corrected chi connectivity index (χ2v) is 4.54. The van der Waals surface area contributed by atoms with E-state index in [2.05, 4.69) is 29.4 Å². The third kappa shape index (κ3) is 5.74. The topological polar surface area (TPSA) is 44.4 Å². The fourth-order valence-corrected chi connectivity index (χ4v) is 1.60. The fourth-order valence-electron chi connectivity index (χ4n) is 1.60. The van der Waals surface area contributed by atoms with Crippen LogP contribution in [0.4, 0.5) is 0 Å². The lowest BCUT2D eigenvalue weighted by molar-refractivity contribution is -0.121. The average molecular weight is 213 g/mol. The molecule has 88 valence electrons. The van der Waals surface area contributed by atoms with Crippen molar-refractivity contribution in [3.05, 3.63) is 0 Å². The zero-order valence-electron chi connectivity index (χ0n) is 9.88. The molecule has 0 atom stereocenters. The van der Waals surface area contributed by atoms with E-state index in [1.54, 1.807) is 0 Å². The first-order valence-electron chi connectivity index (χ1n) is 5.88. The van der Waals surface area contributed by atoms with Gasteiger partial charge < -0.3 is 15.5 Å². The SMILES string of the molecule is CC(C)CNC(=O)CCN1CCNCC1. The monoisotopic (exact) mass is 213 g/mol. The van der Waals surface area contributed by atoms with E-state index < -0.39 is 0 Å². The quantitative estimate of drug-likeness (QED) is 0.678. The van der Waals surface area contributed by atoms with Gasteiger partial charge in [-0.25, -0.2) is 0 Å². The minimum absolute atomic E-state index is 0.183. The van der Waals surface area contributed by atoms with Crippen molar-refractivity contribution in [2.24, 2.45) is 5.92 Å². The van der Waals surface area contributed by atoms with Crippen molar-refractivity contribution in [2.75, 3.05) is 39.3 Å². The summed E-state index contributed by atoms with van der Waals surface area (Å²) in [4.78, 5) is 13.8. The van der Waals surface area contributed by atoms with E-state index in [0.29, 0.717) is 12.3 Å². The van der Waals surface area contributed by atoms with Gasteiger partial charge in [0.2, 0.25) is 5.91 Å². The van der Waals surface area contributed by atoms with Gasteiger partial charge in [0.15, 0.2) is 0 Å². The summed E-state index contributed by atoms with van der Waals surface area (Å²) in [6.07, 6.45) is 0.632. The van der Waals surface area contributed by atoms with Crippen LogP contribution in [0.1, 0.15) is 20.3 Å². The second-order valence-electron chi connectivity index (χ2n) is 4.54. The summed E-state index contributed by atoms with van der Waals surface area (Å²) in [6.45, 7) is 10.1. The van der Waals surface area contributed by atoms with Crippen LogP contribution < -0.4 is 10.6 Å². The minimum atomic E-state index is 0.183. The number of carbonyl (C=O) groups excluding carboxylic acids is 1. The molecule has 0 bridgehead atoms.